The molecule has 0 fully saturated rings. The normalized spacial score (nSPS) is 10.8. The Kier molecular flexibility index (Phi) is 24.7. The third kappa shape index (κ3) is 23.8. The molecular formula is C21H38NNaO3. The second-order valence-corrected chi connectivity index (χ2v) is 6.85. The minimum atomic E-state index is -1.17. The number of ketones is 1. The number of carbonyl (C=O) groups excluding carboxylic acids is 2. The van der Waals surface area contributed by atoms with Gasteiger partial charge in [0.2, 0.25) is 0 Å². The smallest absolute Gasteiger partial charge is 0.549 e. The van der Waals surface area contributed by atoms with E-state index in [2.05, 4.69) is 24.4 Å². The quantitative estimate of drug-likeness (QED) is 0.207. The number of Topliss-reactive ketones (excluding diaryl/α,β-unsaturated/α-hetero) is 1. The van der Waals surface area contributed by atoms with Crippen LogP contribution in [0.1, 0.15) is 96.8 Å². The molecule has 4 nitrogen and oxygen atoms in total. The van der Waals surface area contributed by atoms with Crippen LogP contribution in [0.25, 0.3) is 0 Å². The van der Waals surface area contributed by atoms with Crippen molar-refractivity contribution in [3.8, 4) is 0 Å². The molecule has 0 radical (unpaired) electrons. The standard InChI is InChI=1S/C21H39NO3.Na/c1-2-3-4-5-6-7-8-9-10-11-12-13-14-15-16-17-20(23)18-22-19-21(24)25;/h9-10,22H,2-8,11-19H2,1H3,(H,24,25);/q;+1/p-1/b10-9-;. The van der Waals surface area contributed by atoms with Crippen molar-refractivity contribution in [2.24, 2.45) is 0 Å². The van der Waals surface area contributed by atoms with Gasteiger partial charge in [-0.3, -0.25) is 4.79 Å². The maximum atomic E-state index is 11.5. The van der Waals surface area contributed by atoms with Gasteiger partial charge in [-0.2, -0.15) is 0 Å². The van der Waals surface area contributed by atoms with Crippen molar-refractivity contribution in [1.82, 2.24) is 5.32 Å². The number of carboxylic acids is 1. The van der Waals surface area contributed by atoms with Crippen molar-refractivity contribution in [2.45, 2.75) is 96.8 Å². The summed E-state index contributed by atoms with van der Waals surface area (Å²) in [7, 11) is 0. The molecule has 0 aliphatic carbocycles. The number of allylic oxidation sites excluding steroid dienone is 2. The SMILES string of the molecule is CCCCCCCC/C=C\CCCCCCCC(=O)CNCC(=O)[O-].[Na+]. The Balaban J connectivity index is 0. The largest absolute Gasteiger partial charge is 1.00 e. The summed E-state index contributed by atoms with van der Waals surface area (Å²) < 4.78 is 0. The summed E-state index contributed by atoms with van der Waals surface area (Å²) in [6.07, 6.45) is 21.3. The second-order valence-electron chi connectivity index (χ2n) is 6.85. The van der Waals surface area contributed by atoms with Gasteiger partial charge < -0.3 is 15.2 Å². The predicted molar refractivity (Wildman–Crippen MR) is 102 cm³/mol. The van der Waals surface area contributed by atoms with Gasteiger partial charge in [0.05, 0.1) is 12.5 Å². The molecule has 146 valence electrons. The first-order valence-electron chi connectivity index (χ1n) is 10.2. The van der Waals surface area contributed by atoms with Gasteiger partial charge in [0.15, 0.2) is 0 Å². The number of nitrogens with one attached hydrogen (secondary N) is 1. The Bertz CT molecular complexity index is 359. The van der Waals surface area contributed by atoms with Crippen molar-refractivity contribution < 1.29 is 44.3 Å². The van der Waals surface area contributed by atoms with Crippen LogP contribution in [0.3, 0.4) is 0 Å². The molecule has 0 aromatic heterocycles. The molecule has 0 aliphatic heterocycles. The maximum Gasteiger partial charge on any atom is 1.00 e. The summed E-state index contributed by atoms with van der Waals surface area (Å²) >= 11 is 0. The molecular weight excluding hydrogens is 337 g/mol. The van der Waals surface area contributed by atoms with E-state index in [9.17, 15) is 14.7 Å². The number of unbranched alkanes of at least 4 members (excludes halogenated alkanes) is 11. The van der Waals surface area contributed by atoms with Crippen molar-refractivity contribution in [3.05, 3.63) is 12.2 Å². The average molecular weight is 376 g/mol. The van der Waals surface area contributed by atoms with Crippen LogP contribution >= 0.6 is 0 Å². The van der Waals surface area contributed by atoms with Gasteiger partial charge in [-0.15, -0.1) is 0 Å². The van der Waals surface area contributed by atoms with Crippen LogP contribution in [0.2, 0.25) is 0 Å². The van der Waals surface area contributed by atoms with Gasteiger partial charge in [0, 0.05) is 13.0 Å². The van der Waals surface area contributed by atoms with E-state index in [1.807, 2.05) is 0 Å². The molecule has 0 bridgehead atoms. The first-order chi connectivity index (χ1) is 12.2. The van der Waals surface area contributed by atoms with Crippen LogP contribution in [0.5, 0.6) is 0 Å². The fraction of sp³-hybridized carbons (Fsp3) is 0.810. The molecule has 5 heteroatoms. The minimum Gasteiger partial charge on any atom is -0.549 e. The fourth-order valence-corrected chi connectivity index (χ4v) is 2.79. The number of rotatable bonds is 19. The summed E-state index contributed by atoms with van der Waals surface area (Å²) in [6, 6.07) is 0. The summed E-state index contributed by atoms with van der Waals surface area (Å²) in [5.41, 5.74) is 0. The molecule has 1 N–H and O–H groups in total. The third-order valence-electron chi connectivity index (χ3n) is 4.31. The molecule has 26 heavy (non-hydrogen) atoms. The summed E-state index contributed by atoms with van der Waals surface area (Å²) in [5, 5.41) is 12.8. The Morgan fingerprint density at radius 3 is 1.81 bits per heavy atom. The monoisotopic (exact) mass is 375 g/mol. The van der Waals surface area contributed by atoms with Gasteiger partial charge in [0.25, 0.3) is 0 Å². The number of aliphatic carboxylic acids is 1. The maximum absolute atomic E-state index is 11.5. The van der Waals surface area contributed by atoms with Crippen molar-refractivity contribution >= 4 is 11.8 Å². The topological polar surface area (TPSA) is 69.2 Å². The average Bonchev–Trinajstić information content (AvgIpc) is 2.58. The van der Waals surface area contributed by atoms with Crippen molar-refractivity contribution in [3.63, 3.8) is 0 Å². The Morgan fingerprint density at radius 2 is 1.27 bits per heavy atom. The predicted octanol–water partition coefficient (Wildman–Crippen LogP) is 0.937. The first-order valence-corrected chi connectivity index (χ1v) is 10.2. The Hall–Kier alpha value is -0.160. The molecule has 0 atom stereocenters. The van der Waals surface area contributed by atoms with Crippen molar-refractivity contribution in [1.29, 1.82) is 0 Å². The van der Waals surface area contributed by atoms with Gasteiger partial charge in [0.1, 0.15) is 5.78 Å². The zero-order valence-corrected chi connectivity index (χ0v) is 19.2. The van der Waals surface area contributed by atoms with Gasteiger partial charge in [-0.25, -0.2) is 0 Å². The molecule has 0 aliphatic rings. The van der Waals surface area contributed by atoms with E-state index in [1.54, 1.807) is 0 Å². The summed E-state index contributed by atoms with van der Waals surface area (Å²) in [5.74, 6) is -1.09. The van der Waals surface area contributed by atoms with E-state index in [0.717, 1.165) is 12.8 Å². The number of hydrogen-bond donors (Lipinski definition) is 1. The van der Waals surface area contributed by atoms with E-state index < -0.39 is 5.97 Å². The molecule has 0 amide bonds. The van der Waals surface area contributed by atoms with Crippen LogP contribution in [0.4, 0.5) is 0 Å². The number of hydrogen-bond acceptors (Lipinski definition) is 4. The van der Waals surface area contributed by atoms with E-state index in [-0.39, 0.29) is 48.4 Å². The molecule has 0 heterocycles. The van der Waals surface area contributed by atoms with Gasteiger partial charge in [-0.1, -0.05) is 70.4 Å². The van der Waals surface area contributed by atoms with Gasteiger partial charge >= 0.3 is 29.6 Å². The number of carboxylic acid groups (broad SMARTS) is 1. The molecule has 0 spiro atoms. The minimum absolute atomic E-state index is 0. The molecule has 0 rings (SSSR count). The zero-order valence-electron chi connectivity index (χ0n) is 17.2. The van der Waals surface area contributed by atoms with Crippen LogP contribution < -0.4 is 40.0 Å². The van der Waals surface area contributed by atoms with Crippen LogP contribution in [-0.2, 0) is 9.59 Å². The fourth-order valence-electron chi connectivity index (χ4n) is 2.79. The molecule has 0 aromatic carbocycles. The van der Waals surface area contributed by atoms with Crippen LogP contribution in [-0.4, -0.2) is 24.8 Å². The van der Waals surface area contributed by atoms with E-state index in [1.165, 1.54) is 70.6 Å². The zero-order chi connectivity index (χ0) is 18.6. The van der Waals surface area contributed by atoms with E-state index in [0.29, 0.717) is 6.42 Å². The number of carbonyl (C=O) groups is 2. The molecule has 0 saturated carbocycles. The Labute approximate surface area is 182 Å². The summed E-state index contributed by atoms with van der Waals surface area (Å²) in [6.45, 7) is 2.14. The van der Waals surface area contributed by atoms with Crippen molar-refractivity contribution in [2.75, 3.05) is 13.1 Å². The Morgan fingerprint density at radius 1 is 0.769 bits per heavy atom. The summed E-state index contributed by atoms with van der Waals surface area (Å²) in [4.78, 5) is 21.7. The van der Waals surface area contributed by atoms with Gasteiger partial charge in [-0.05, 0) is 32.1 Å². The van der Waals surface area contributed by atoms with E-state index in [4.69, 9.17) is 0 Å². The second kappa shape index (κ2) is 22.9. The third-order valence-corrected chi connectivity index (χ3v) is 4.31. The first kappa shape index (κ1) is 28.1. The van der Waals surface area contributed by atoms with Crippen LogP contribution in [0, 0.1) is 0 Å². The van der Waals surface area contributed by atoms with E-state index >= 15 is 0 Å². The molecule has 0 saturated heterocycles. The molecule has 0 aromatic rings. The molecule has 0 unspecified atom stereocenters. The van der Waals surface area contributed by atoms with Crippen LogP contribution in [0.15, 0.2) is 12.2 Å².